The van der Waals surface area contributed by atoms with Gasteiger partial charge in [-0.3, -0.25) is 9.69 Å². The lowest BCUT2D eigenvalue weighted by Gasteiger charge is -2.32. The molecule has 0 aromatic carbocycles. The summed E-state index contributed by atoms with van der Waals surface area (Å²) in [6.45, 7) is 11.7. The number of rotatable bonds is 5. The van der Waals surface area contributed by atoms with E-state index in [1.54, 1.807) is 7.05 Å². The van der Waals surface area contributed by atoms with E-state index in [2.05, 4.69) is 24.5 Å². The number of likely N-dealkylation sites (N-methyl/N-ethyl adjacent to an activating group) is 1. The van der Waals surface area contributed by atoms with Crippen LogP contribution in [0.4, 0.5) is 4.79 Å². The van der Waals surface area contributed by atoms with Gasteiger partial charge in [0.1, 0.15) is 11.6 Å². The van der Waals surface area contributed by atoms with E-state index in [9.17, 15) is 9.59 Å². The van der Waals surface area contributed by atoms with E-state index in [1.807, 2.05) is 20.8 Å². The van der Waals surface area contributed by atoms with Gasteiger partial charge in [0.2, 0.25) is 5.91 Å². The Morgan fingerprint density at radius 1 is 1.24 bits per heavy atom. The largest absolute Gasteiger partial charge is 0.444 e. The van der Waals surface area contributed by atoms with Crippen LogP contribution >= 0.6 is 0 Å². The van der Waals surface area contributed by atoms with E-state index < -0.39 is 17.7 Å². The van der Waals surface area contributed by atoms with Crippen LogP contribution in [0.5, 0.6) is 0 Å². The van der Waals surface area contributed by atoms with Crippen molar-refractivity contribution in [3.63, 3.8) is 0 Å². The molecule has 0 aromatic heterocycles. The summed E-state index contributed by atoms with van der Waals surface area (Å²) in [4.78, 5) is 26.8. The molecule has 0 aromatic rings. The van der Waals surface area contributed by atoms with Crippen molar-refractivity contribution in [1.82, 2.24) is 15.5 Å². The Kier molecular flexibility index (Phi) is 6.35. The van der Waals surface area contributed by atoms with Gasteiger partial charge in [0.15, 0.2) is 0 Å². The summed E-state index contributed by atoms with van der Waals surface area (Å²) < 4.78 is 5.45. The molecule has 2 rings (SSSR count). The lowest BCUT2D eigenvalue weighted by atomic mass is 9.96. The fraction of sp³-hybridized carbons (Fsp3) is 0.895. The predicted molar refractivity (Wildman–Crippen MR) is 98.3 cm³/mol. The van der Waals surface area contributed by atoms with Crippen LogP contribution in [0.25, 0.3) is 0 Å². The Morgan fingerprint density at radius 2 is 1.92 bits per heavy atom. The number of ether oxygens (including phenoxy) is 1. The maximum atomic E-state index is 13.0. The first-order valence-corrected chi connectivity index (χ1v) is 9.55. The summed E-state index contributed by atoms with van der Waals surface area (Å²) in [5.41, 5.74) is -0.571. The molecule has 1 saturated heterocycles. The second kappa shape index (κ2) is 7.94. The van der Waals surface area contributed by atoms with E-state index in [1.165, 1.54) is 11.3 Å². The number of carbonyl (C=O) groups is 2. The fourth-order valence-corrected chi connectivity index (χ4v) is 3.95. The molecule has 4 atom stereocenters. The SMILES string of the molecule is CC(C)CC(C(=O)N[C@@H]1CC[C@H]2CNC[C@H]21)N(C)C(=O)OC(C)(C)C. The number of hydrogen-bond acceptors (Lipinski definition) is 4. The maximum absolute atomic E-state index is 13.0. The third-order valence-electron chi connectivity index (χ3n) is 5.23. The average molecular weight is 354 g/mol. The van der Waals surface area contributed by atoms with Gasteiger partial charge in [-0.25, -0.2) is 4.79 Å². The summed E-state index contributed by atoms with van der Waals surface area (Å²) in [7, 11) is 1.66. The smallest absolute Gasteiger partial charge is 0.410 e. The van der Waals surface area contributed by atoms with E-state index in [0.717, 1.165) is 19.5 Å². The second-order valence-corrected chi connectivity index (χ2v) is 9.01. The van der Waals surface area contributed by atoms with Gasteiger partial charge in [0.25, 0.3) is 0 Å². The molecule has 25 heavy (non-hydrogen) atoms. The number of hydrogen-bond donors (Lipinski definition) is 2. The van der Waals surface area contributed by atoms with Gasteiger partial charge in [0.05, 0.1) is 0 Å². The van der Waals surface area contributed by atoms with E-state index in [4.69, 9.17) is 4.74 Å². The Labute approximate surface area is 152 Å². The highest BCUT2D eigenvalue weighted by atomic mass is 16.6. The monoisotopic (exact) mass is 353 g/mol. The molecular formula is C19H35N3O3. The van der Waals surface area contributed by atoms with Gasteiger partial charge >= 0.3 is 6.09 Å². The van der Waals surface area contributed by atoms with Crippen LogP contribution in [-0.2, 0) is 9.53 Å². The number of nitrogens with one attached hydrogen (secondary N) is 2. The summed E-state index contributed by atoms with van der Waals surface area (Å²) in [5.74, 6) is 1.46. The molecule has 0 radical (unpaired) electrons. The molecule has 1 heterocycles. The molecule has 6 heteroatoms. The van der Waals surface area contributed by atoms with Gasteiger partial charge in [-0.1, -0.05) is 13.8 Å². The van der Waals surface area contributed by atoms with Gasteiger partial charge in [-0.2, -0.15) is 0 Å². The molecule has 1 aliphatic heterocycles. The molecular weight excluding hydrogens is 318 g/mol. The quantitative estimate of drug-likeness (QED) is 0.796. The Hall–Kier alpha value is -1.30. The van der Waals surface area contributed by atoms with Crippen LogP contribution in [0.15, 0.2) is 0 Å². The van der Waals surface area contributed by atoms with Crippen LogP contribution in [0.3, 0.4) is 0 Å². The summed E-state index contributed by atoms with van der Waals surface area (Å²) in [6.07, 6.45) is 2.38. The second-order valence-electron chi connectivity index (χ2n) is 9.01. The highest BCUT2D eigenvalue weighted by Crippen LogP contribution is 2.34. The minimum atomic E-state index is -0.571. The number of amides is 2. The summed E-state index contributed by atoms with van der Waals surface area (Å²) in [6, 6.07) is -0.280. The van der Waals surface area contributed by atoms with Gasteiger partial charge in [-0.15, -0.1) is 0 Å². The van der Waals surface area contributed by atoms with Crippen molar-refractivity contribution in [3.05, 3.63) is 0 Å². The highest BCUT2D eigenvalue weighted by molar-refractivity contribution is 5.86. The van der Waals surface area contributed by atoms with Crippen LogP contribution in [0.2, 0.25) is 0 Å². The lowest BCUT2D eigenvalue weighted by molar-refractivity contribution is -0.127. The molecule has 2 amide bonds. The average Bonchev–Trinajstić information content (AvgIpc) is 3.07. The van der Waals surface area contributed by atoms with Gasteiger partial charge < -0.3 is 15.4 Å². The van der Waals surface area contributed by atoms with Crippen molar-refractivity contribution in [3.8, 4) is 0 Å². The van der Waals surface area contributed by atoms with Crippen molar-refractivity contribution >= 4 is 12.0 Å². The van der Waals surface area contributed by atoms with Gasteiger partial charge in [-0.05, 0) is 64.3 Å². The van der Waals surface area contributed by atoms with Crippen molar-refractivity contribution in [2.75, 3.05) is 20.1 Å². The minimum absolute atomic E-state index is 0.0559. The summed E-state index contributed by atoms with van der Waals surface area (Å²) >= 11 is 0. The standard InChI is InChI=1S/C19H35N3O3/c1-12(2)9-16(22(6)18(24)25-19(3,4)5)17(23)21-15-8-7-13-10-20-11-14(13)15/h12-16,20H,7-11H2,1-6H3,(H,21,23)/t13-,14+,15+,16?/m0/s1. The Bertz CT molecular complexity index is 487. The number of nitrogens with zero attached hydrogens (tertiary/aromatic N) is 1. The van der Waals surface area contributed by atoms with Crippen LogP contribution in [-0.4, -0.2) is 54.7 Å². The first-order chi connectivity index (χ1) is 11.6. The Balaban J connectivity index is 2.02. The molecule has 144 valence electrons. The molecule has 1 aliphatic carbocycles. The van der Waals surface area contributed by atoms with Crippen molar-refractivity contribution in [2.45, 2.75) is 71.6 Å². The molecule has 2 fully saturated rings. The normalized spacial score (nSPS) is 27.1. The minimum Gasteiger partial charge on any atom is -0.444 e. The third-order valence-corrected chi connectivity index (χ3v) is 5.23. The van der Waals surface area contributed by atoms with E-state index in [-0.39, 0.29) is 11.9 Å². The number of carbonyl (C=O) groups excluding carboxylic acids is 2. The summed E-state index contributed by atoms with van der Waals surface area (Å²) in [5, 5.41) is 6.65. The van der Waals surface area contributed by atoms with Crippen LogP contribution in [0.1, 0.15) is 53.9 Å². The van der Waals surface area contributed by atoms with Gasteiger partial charge in [0, 0.05) is 19.6 Å². The molecule has 2 aliphatic rings. The first-order valence-electron chi connectivity index (χ1n) is 9.55. The van der Waals surface area contributed by atoms with E-state index >= 15 is 0 Å². The third kappa shape index (κ3) is 5.33. The predicted octanol–water partition coefficient (Wildman–Crippen LogP) is 2.38. The van der Waals surface area contributed by atoms with Crippen molar-refractivity contribution in [2.24, 2.45) is 17.8 Å². The molecule has 6 nitrogen and oxygen atoms in total. The zero-order valence-corrected chi connectivity index (χ0v) is 16.6. The lowest BCUT2D eigenvalue weighted by Crippen LogP contribution is -2.52. The topological polar surface area (TPSA) is 70.7 Å². The molecule has 2 N–H and O–H groups in total. The molecule has 0 spiro atoms. The van der Waals surface area contributed by atoms with Crippen LogP contribution in [0, 0.1) is 17.8 Å². The Morgan fingerprint density at radius 3 is 2.52 bits per heavy atom. The molecule has 0 bridgehead atoms. The first kappa shape index (κ1) is 20.0. The van der Waals surface area contributed by atoms with Crippen LogP contribution < -0.4 is 10.6 Å². The zero-order valence-electron chi connectivity index (χ0n) is 16.6. The van der Waals surface area contributed by atoms with Crippen molar-refractivity contribution < 1.29 is 14.3 Å². The maximum Gasteiger partial charge on any atom is 0.410 e. The molecule has 1 unspecified atom stereocenters. The number of fused-ring (bicyclic) bond motifs is 1. The van der Waals surface area contributed by atoms with E-state index in [0.29, 0.717) is 24.2 Å². The van der Waals surface area contributed by atoms with Crippen molar-refractivity contribution in [1.29, 1.82) is 0 Å². The zero-order chi connectivity index (χ0) is 18.8. The molecule has 1 saturated carbocycles. The highest BCUT2D eigenvalue weighted by Gasteiger charge is 2.41. The fourth-order valence-electron chi connectivity index (χ4n) is 3.95.